The number of fused-ring (bicyclic) bond motifs is 1. The van der Waals surface area contributed by atoms with Crippen LogP contribution < -0.4 is 0 Å². The molecular weight excluding hydrogens is 254 g/mol. The van der Waals surface area contributed by atoms with E-state index in [1.54, 1.807) is 0 Å². The van der Waals surface area contributed by atoms with E-state index in [2.05, 4.69) is 41.3 Å². The van der Waals surface area contributed by atoms with Gasteiger partial charge in [-0.1, -0.05) is 66.2 Å². The van der Waals surface area contributed by atoms with Crippen molar-refractivity contribution < 1.29 is 0 Å². The van der Waals surface area contributed by atoms with Gasteiger partial charge in [-0.3, -0.25) is 4.90 Å². The molecule has 2 heteroatoms. The van der Waals surface area contributed by atoms with Crippen LogP contribution in [0.15, 0.2) is 54.6 Å². The highest BCUT2D eigenvalue weighted by atomic mass is 35.5. The van der Waals surface area contributed by atoms with Gasteiger partial charge in [0.2, 0.25) is 0 Å². The predicted octanol–water partition coefficient (Wildman–Crippen LogP) is 4.37. The van der Waals surface area contributed by atoms with Gasteiger partial charge >= 0.3 is 0 Å². The first-order valence-electron chi connectivity index (χ1n) is 6.53. The lowest BCUT2D eigenvalue weighted by Crippen LogP contribution is -2.15. The minimum atomic E-state index is 0.809. The third-order valence-electron chi connectivity index (χ3n) is 3.47. The Morgan fingerprint density at radius 2 is 1.58 bits per heavy atom. The fourth-order valence-electron chi connectivity index (χ4n) is 2.47. The molecule has 2 aromatic carbocycles. The Kier molecular flexibility index (Phi) is 3.67. The lowest BCUT2D eigenvalue weighted by molar-refractivity contribution is 0.317. The first-order chi connectivity index (χ1) is 9.33. The van der Waals surface area contributed by atoms with Crippen molar-refractivity contribution in [2.24, 2.45) is 0 Å². The molecule has 0 saturated heterocycles. The summed E-state index contributed by atoms with van der Waals surface area (Å²) >= 11 is 6.13. The van der Waals surface area contributed by atoms with Crippen LogP contribution in [0.2, 0.25) is 5.02 Å². The van der Waals surface area contributed by atoms with Crippen molar-refractivity contribution in [1.29, 1.82) is 0 Å². The Morgan fingerprint density at radius 1 is 0.947 bits per heavy atom. The molecule has 0 aliphatic carbocycles. The molecule has 0 bridgehead atoms. The van der Waals surface area contributed by atoms with Crippen molar-refractivity contribution in [3.63, 3.8) is 0 Å². The highest BCUT2D eigenvalue weighted by Gasteiger charge is 2.16. The van der Waals surface area contributed by atoms with Crippen LogP contribution in [0.5, 0.6) is 0 Å². The normalized spacial score (nSPS) is 15.0. The van der Waals surface area contributed by atoms with Gasteiger partial charge in [-0.15, -0.1) is 0 Å². The van der Waals surface area contributed by atoms with Crippen molar-refractivity contribution >= 4 is 17.7 Å². The lowest BCUT2D eigenvalue weighted by atomic mass is 10.1. The van der Waals surface area contributed by atoms with E-state index in [0.717, 1.165) is 30.2 Å². The molecule has 2 aromatic rings. The number of benzene rings is 2. The zero-order valence-electron chi connectivity index (χ0n) is 10.7. The Balaban J connectivity index is 1.62. The summed E-state index contributed by atoms with van der Waals surface area (Å²) in [5, 5.41) is 0.809. The minimum Gasteiger partial charge on any atom is -0.291 e. The lowest BCUT2D eigenvalue weighted by Gasteiger charge is -2.11. The van der Waals surface area contributed by atoms with E-state index in [4.69, 9.17) is 11.6 Å². The number of hydrogen-bond acceptors (Lipinski definition) is 1. The van der Waals surface area contributed by atoms with Crippen LogP contribution in [0, 0.1) is 0 Å². The molecule has 3 rings (SSSR count). The number of nitrogens with zero attached hydrogens (tertiary/aromatic N) is 1. The van der Waals surface area contributed by atoms with E-state index in [1.165, 1.54) is 11.1 Å². The topological polar surface area (TPSA) is 3.24 Å². The Labute approximate surface area is 119 Å². The third kappa shape index (κ3) is 2.89. The van der Waals surface area contributed by atoms with Crippen LogP contribution >= 0.6 is 11.6 Å². The van der Waals surface area contributed by atoms with Gasteiger partial charge in [-0.25, -0.2) is 0 Å². The Hall–Kier alpha value is -1.57. The second-order valence-electron chi connectivity index (χ2n) is 4.86. The van der Waals surface area contributed by atoms with Gasteiger partial charge < -0.3 is 0 Å². The average Bonchev–Trinajstić information content (AvgIpc) is 2.83. The van der Waals surface area contributed by atoms with E-state index >= 15 is 0 Å². The molecule has 0 aromatic heterocycles. The van der Waals surface area contributed by atoms with E-state index in [0.29, 0.717) is 0 Å². The monoisotopic (exact) mass is 269 g/mol. The summed E-state index contributed by atoms with van der Waals surface area (Å²) < 4.78 is 0. The average molecular weight is 270 g/mol. The molecule has 1 heterocycles. The van der Waals surface area contributed by atoms with Gasteiger partial charge in [0.05, 0.1) is 0 Å². The number of hydrogen-bond donors (Lipinski definition) is 0. The van der Waals surface area contributed by atoms with Crippen molar-refractivity contribution in [2.45, 2.75) is 13.1 Å². The second kappa shape index (κ2) is 5.60. The van der Waals surface area contributed by atoms with Gasteiger partial charge in [-0.2, -0.15) is 0 Å². The highest BCUT2D eigenvalue weighted by molar-refractivity contribution is 6.32. The van der Waals surface area contributed by atoms with Crippen molar-refractivity contribution in [3.8, 4) is 0 Å². The molecule has 0 amide bonds. The Morgan fingerprint density at radius 3 is 2.26 bits per heavy atom. The van der Waals surface area contributed by atoms with Gasteiger partial charge in [-0.05, 0) is 22.8 Å². The summed E-state index contributed by atoms with van der Waals surface area (Å²) in [4.78, 5) is 2.43. The van der Waals surface area contributed by atoms with Crippen molar-refractivity contribution in [3.05, 3.63) is 76.3 Å². The minimum absolute atomic E-state index is 0.809. The SMILES string of the molecule is Clc1ccccc1C=CCN1Cc2ccccc2C1. The number of rotatable bonds is 3. The standard InChI is InChI=1S/C17H16ClN/c18-17-10-4-3-6-14(17)9-5-11-19-12-15-7-1-2-8-16(15)13-19/h1-10H,11-13H2. The van der Waals surface area contributed by atoms with Crippen LogP contribution in [0.3, 0.4) is 0 Å². The van der Waals surface area contributed by atoms with E-state index in [1.807, 2.05) is 24.3 Å². The summed E-state index contributed by atoms with van der Waals surface area (Å²) in [5.41, 5.74) is 3.99. The predicted molar refractivity (Wildman–Crippen MR) is 81.0 cm³/mol. The highest BCUT2D eigenvalue weighted by Crippen LogP contribution is 2.22. The maximum Gasteiger partial charge on any atom is 0.0478 e. The second-order valence-corrected chi connectivity index (χ2v) is 5.27. The summed E-state index contributed by atoms with van der Waals surface area (Å²) in [6.07, 6.45) is 4.29. The smallest absolute Gasteiger partial charge is 0.0478 e. The molecular formula is C17H16ClN. The van der Waals surface area contributed by atoms with E-state index in [9.17, 15) is 0 Å². The molecule has 0 spiro atoms. The van der Waals surface area contributed by atoms with Crippen LogP contribution in [0.25, 0.3) is 6.08 Å². The summed E-state index contributed by atoms with van der Waals surface area (Å²) in [6.45, 7) is 3.05. The van der Waals surface area contributed by atoms with E-state index in [-0.39, 0.29) is 0 Å². The van der Waals surface area contributed by atoms with Crippen LogP contribution in [-0.4, -0.2) is 11.4 Å². The molecule has 19 heavy (non-hydrogen) atoms. The summed E-state index contributed by atoms with van der Waals surface area (Å²) in [7, 11) is 0. The molecule has 0 radical (unpaired) electrons. The molecule has 0 atom stereocenters. The maximum absolute atomic E-state index is 6.13. The van der Waals surface area contributed by atoms with Gasteiger partial charge in [0.25, 0.3) is 0 Å². The number of halogens is 1. The molecule has 1 nitrogen and oxygen atoms in total. The van der Waals surface area contributed by atoms with Crippen molar-refractivity contribution in [1.82, 2.24) is 4.90 Å². The fourth-order valence-corrected chi connectivity index (χ4v) is 2.67. The largest absolute Gasteiger partial charge is 0.291 e. The third-order valence-corrected chi connectivity index (χ3v) is 3.82. The molecule has 0 saturated carbocycles. The first kappa shape index (κ1) is 12.5. The zero-order chi connectivity index (χ0) is 13.1. The van der Waals surface area contributed by atoms with Crippen molar-refractivity contribution in [2.75, 3.05) is 6.54 Å². The van der Waals surface area contributed by atoms with Gasteiger partial charge in [0.1, 0.15) is 0 Å². The molecule has 1 aliphatic heterocycles. The zero-order valence-corrected chi connectivity index (χ0v) is 11.5. The molecule has 96 valence electrons. The molecule has 0 N–H and O–H groups in total. The van der Waals surface area contributed by atoms with Crippen LogP contribution in [0.1, 0.15) is 16.7 Å². The molecule has 0 unspecified atom stereocenters. The quantitative estimate of drug-likeness (QED) is 0.800. The summed E-state index contributed by atoms with van der Waals surface area (Å²) in [6, 6.07) is 16.6. The fraction of sp³-hybridized carbons (Fsp3) is 0.176. The Bertz CT molecular complexity index is 579. The van der Waals surface area contributed by atoms with Crippen LogP contribution in [0.4, 0.5) is 0 Å². The molecule has 0 fully saturated rings. The summed E-state index contributed by atoms with van der Waals surface area (Å²) in [5.74, 6) is 0. The van der Waals surface area contributed by atoms with Gasteiger partial charge in [0, 0.05) is 24.7 Å². The maximum atomic E-state index is 6.13. The van der Waals surface area contributed by atoms with E-state index < -0.39 is 0 Å². The first-order valence-corrected chi connectivity index (χ1v) is 6.91. The molecule has 1 aliphatic rings. The van der Waals surface area contributed by atoms with Gasteiger partial charge in [0.15, 0.2) is 0 Å². The van der Waals surface area contributed by atoms with Crippen LogP contribution in [-0.2, 0) is 13.1 Å².